The van der Waals surface area contributed by atoms with Gasteiger partial charge in [-0.05, 0) is 31.6 Å². The molecule has 2 heterocycles. The monoisotopic (exact) mass is 262 g/mol. The summed E-state index contributed by atoms with van der Waals surface area (Å²) in [6.45, 7) is 4.62. The molecule has 1 atom stereocenters. The predicted molar refractivity (Wildman–Crippen MR) is 65.9 cm³/mol. The van der Waals surface area contributed by atoms with Crippen molar-refractivity contribution in [1.29, 1.82) is 0 Å². The topological polar surface area (TPSA) is 58.6 Å². The second kappa shape index (κ2) is 5.65. The van der Waals surface area contributed by atoms with Crippen LogP contribution in [-0.2, 0) is 14.9 Å². The lowest BCUT2D eigenvalue weighted by molar-refractivity contribution is 0.114. The third-order valence-corrected chi connectivity index (χ3v) is 5.18. The second-order valence-electron chi connectivity index (χ2n) is 5.07. The Balaban J connectivity index is 1.81. The van der Waals surface area contributed by atoms with Crippen molar-refractivity contribution in [1.82, 2.24) is 9.03 Å². The van der Waals surface area contributed by atoms with Gasteiger partial charge in [0.15, 0.2) is 0 Å². The van der Waals surface area contributed by atoms with Crippen molar-refractivity contribution in [2.75, 3.05) is 26.2 Å². The highest BCUT2D eigenvalue weighted by Crippen LogP contribution is 2.18. The standard InChI is InChI=1S/C11H22N2O3S/c1-10-4-6-13(7-5-10)17(14,15)12-9-11-3-2-8-16-11/h10-12H,2-9H2,1H3. The number of ether oxygens (including phenoxy) is 1. The molecule has 2 fully saturated rings. The minimum atomic E-state index is -3.29. The highest BCUT2D eigenvalue weighted by atomic mass is 32.2. The molecule has 0 radical (unpaired) electrons. The van der Waals surface area contributed by atoms with Crippen molar-refractivity contribution < 1.29 is 13.2 Å². The summed E-state index contributed by atoms with van der Waals surface area (Å²) in [5.41, 5.74) is 0. The lowest BCUT2D eigenvalue weighted by atomic mass is 10.0. The molecule has 5 nitrogen and oxygen atoms in total. The maximum atomic E-state index is 12.0. The van der Waals surface area contributed by atoms with Crippen LogP contribution in [0, 0.1) is 5.92 Å². The van der Waals surface area contributed by atoms with Crippen LogP contribution in [0.3, 0.4) is 0 Å². The van der Waals surface area contributed by atoms with Crippen LogP contribution in [0.25, 0.3) is 0 Å². The van der Waals surface area contributed by atoms with E-state index in [9.17, 15) is 8.42 Å². The van der Waals surface area contributed by atoms with Crippen LogP contribution in [0.1, 0.15) is 32.6 Å². The van der Waals surface area contributed by atoms with E-state index >= 15 is 0 Å². The molecule has 100 valence electrons. The Morgan fingerprint density at radius 2 is 2.00 bits per heavy atom. The van der Waals surface area contributed by atoms with E-state index in [1.165, 1.54) is 0 Å². The van der Waals surface area contributed by atoms with Gasteiger partial charge in [0.05, 0.1) is 6.10 Å². The minimum Gasteiger partial charge on any atom is -0.377 e. The number of nitrogens with one attached hydrogen (secondary N) is 1. The van der Waals surface area contributed by atoms with E-state index in [2.05, 4.69) is 11.6 Å². The normalized spacial score (nSPS) is 28.6. The number of hydrogen-bond acceptors (Lipinski definition) is 3. The van der Waals surface area contributed by atoms with E-state index < -0.39 is 10.2 Å². The van der Waals surface area contributed by atoms with Crippen LogP contribution in [0.15, 0.2) is 0 Å². The molecule has 0 aromatic carbocycles. The molecule has 1 unspecified atom stereocenters. The van der Waals surface area contributed by atoms with Gasteiger partial charge in [-0.15, -0.1) is 0 Å². The van der Waals surface area contributed by atoms with Gasteiger partial charge in [0.25, 0.3) is 10.2 Å². The van der Waals surface area contributed by atoms with Crippen LogP contribution in [0.2, 0.25) is 0 Å². The quantitative estimate of drug-likeness (QED) is 0.812. The first kappa shape index (κ1) is 13.3. The Hall–Kier alpha value is -0.170. The highest BCUT2D eigenvalue weighted by molar-refractivity contribution is 7.87. The Bertz CT molecular complexity index is 331. The summed E-state index contributed by atoms with van der Waals surface area (Å²) >= 11 is 0. The summed E-state index contributed by atoms with van der Waals surface area (Å²) in [7, 11) is -3.29. The summed E-state index contributed by atoms with van der Waals surface area (Å²) in [6, 6.07) is 0. The zero-order chi connectivity index (χ0) is 12.3. The van der Waals surface area contributed by atoms with E-state index in [1.807, 2.05) is 0 Å². The van der Waals surface area contributed by atoms with Crippen molar-refractivity contribution in [3.8, 4) is 0 Å². The fraction of sp³-hybridized carbons (Fsp3) is 1.00. The molecule has 0 aromatic heterocycles. The Kier molecular flexibility index (Phi) is 4.41. The van der Waals surface area contributed by atoms with Gasteiger partial charge in [-0.25, -0.2) is 0 Å². The molecule has 2 aliphatic heterocycles. The van der Waals surface area contributed by atoms with E-state index in [4.69, 9.17) is 4.74 Å². The van der Waals surface area contributed by atoms with Gasteiger partial charge in [-0.2, -0.15) is 17.4 Å². The first-order chi connectivity index (χ1) is 8.08. The van der Waals surface area contributed by atoms with Crippen molar-refractivity contribution in [3.63, 3.8) is 0 Å². The number of rotatable bonds is 4. The van der Waals surface area contributed by atoms with Gasteiger partial charge < -0.3 is 4.74 Å². The summed E-state index contributed by atoms with van der Waals surface area (Å²) < 4.78 is 33.6. The van der Waals surface area contributed by atoms with Crippen LogP contribution in [0.5, 0.6) is 0 Å². The molecular formula is C11H22N2O3S. The van der Waals surface area contributed by atoms with E-state index in [-0.39, 0.29) is 6.10 Å². The molecule has 0 saturated carbocycles. The molecule has 0 aliphatic carbocycles. The van der Waals surface area contributed by atoms with Crippen molar-refractivity contribution in [3.05, 3.63) is 0 Å². The zero-order valence-electron chi connectivity index (χ0n) is 10.4. The maximum Gasteiger partial charge on any atom is 0.279 e. The van der Waals surface area contributed by atoms with Gasteiger partial charge in [0.1, 0.15) is 0 Å². The molecule has 0 bridgehead atoms. The number of hydrogen-bond donors (Lipinski definition) is 1. The summed E-state index contributed by atoms with van der Waals surface area (Å²) in [6.07, 6.45) is 3.97. The number of piperidine rings is 1. The minimum absolute atomic E-state index is 0.0634. The van der Waals surface area contributed by atoms with Crippen LogP contribution in [0.4, 0.5) is 0 Å². The van der Waals surface area contributed by atoms with Crippen LogP contribution in [-0.4, -0.2) is 45.1 Å². The molecular weight excluding hydrogens is 240 g/mol. The van der Waals surface area contributed by atoms with Gasteiger partial charge in [-0.3, -0.25) is 0 Å². The molecule has 2 saturated heterocycles. The van der Waals surface area contributed by atoms with Crippen molar-refractivity contribution in [2.45, 2.75) is 38.7 Å². The fourth-order valence-electron chi connectivity index (χ4n) is 2.32. The second-order valence-corrected chi connectivity index (χ2v) is 6.83. The van der Waals surface area contributed by atoms with Gasteiger partial charge in [0.2, 0.25) is 0 Å². The van der Waals surface area contributed by atoms with E-state index in [1.54, 1.807) is 4.31 Å². The lowest BCUT2D eigenvalue weighted by Gasteiger charge is -2.29. The Labute approximate surface area is 104 Å². The third kappa shape index (κ3) is 3.64. The summed E-state index contributed by atoms with van der Waals surface area (Å²) in [4.78, 5) is 0. The lowest BCUT2D eigenvalue weighted by Crippen LogP contribution is -2.46. The fourth-order valence-corrected chi connectivity index (χ4v) is 3.59. The van der Waals surface area contributed by atoms with Gasteiger partial charge in [0, 0.05) is 26.2 Å². The molecule has 2 rings (SSSR count). The molecule has 0 amide bonds. The third-order valence-electron chi connectivity index (χ3n) is 3.60. The largest absolute Gasteiger partial charge is 0.377 e. The first-order valence-corrected chi connectivity index (χ1v) is 7.88. The van der Waals surface area contributed by atoms with Gasteiger partial charge >= 0.3 is 0 Å². The molecule has 1 N–H and O–H groups in total. The summed E-state index contributed by atoms with van der Waals surface area (Å²) in [5.74, 6) is 0.639. The smallest absolute Gasteiger partial charge is 0.279 e. The maximum absolute atomic E-state index is 12.0. The van der Waals surface area contributed by atoms with Crippen LogP contribution < -0.4 is 4.72 Å². The number of nitrogens with zero attached hydrogens (tertiary/aromatic N) is 1. The zero-order valence-corrected chi connectivity index (χ0v) is 11.2. The molecule has 6 heteroatoms. The van der Waals surface area contributed by atoms with E-state index in [0.717, 1.165) is 32.3 Å². The summed E-state index contributed by atoms with van der Waals surface area (Å²) in [5, 5.41) is 0. The van der Waals surface area contributed by atoms with Gasteiger partial charge in [-0.1, -0.05) is 6.92 Å². The SMILES string of the molecule is CC1CCN(S(=O)(=O)NCC2CCCO2)CC1. The average Bonchev–Trinajstić information content (AvgIpc) is 2.80. The molecule has 0 spiro atoms. The first-order valence-electron chi connectivity index (χ1n) is 6.44. The molecule has 0 aromatic rings. The molecule has 17 heavy (non-hydrogen) atoms. The Morgan fingerprint density at radius 1 is 1.29 bits per heavy atom. The van der Waals surface area contributed by atoms with Crippen molar-refractivity contribution >= 4 is 10.2 Å². The molecule has 2 aliphatic rings. The average molecular weight is 262 g/mol. The van der Waals surface area contributed by atoms with Crippen molar-refractivity contribution in [2.24, 2.45) is 5.92 Å². The predicted octanol–water partition coefficient (Wildman–Crippen LogP) is 0.732. The van der Waals surface area contributed by atoms with Crippen LogP contribution >= 0.6 is 0 Å². The Morgan fingerprint density at radius 3 is 2.59 bits per heavy atom. The highest BCUT2D eigenvalue weighted by Gasteiger charge is 2.27. The van der Waals surface area contributed by atoms with E-state index in [0.29, 0.717) is 25.6 Å².